The molecule has 1 aliphatic carbocycles. The van der Waals surface area contributed by atoms with Gasteiger partial charge < -0.3 is 15.0 Å². The van der Waals surface area contributed by atoms with E-state index in [4.69, 9.17) is 4.74 Å². The maximum absolute atomic E-state index is 13.2. The first-order valence-corrected chi connectivity index (χ1v) is 12.0. The van der Waals surface area contributed by atoms with E-state index in [2.05, 4.69) is 22.4 Å². The molecule has 0 bridgehead atoms. The molecule has 2 N–H and O–H groups in total. The molecule has 7 heteroatoms. The Morgan fingerprint density at radius 3 is 2.91 bits per heavy atom. The van der Waals surface area contributed by atoms with Gasteiger partial charge in [0.25, 0.3) is 5.56 Å². The third-order valence-electron chi connectivity index (χ3n) is 7.27. The highest BCUT2D eigenvalue weighted by atomic mass is 32.1. The van der Waals surface area contributed by atoms with E-state index in [1.54, 1.807) is 7.11 Å². The van der Waals surface area contributed by atoms with Crippen LogP contribution in [0.1, 0.15) is 29.9 Å². The molecule has 2 aromatic heterocycles. The number of ether oxygens (including phenoxy) is 1. The molecule has 0 amide bonds. The average molecular weight is 448 g/mol. The van der Waals surface area contributed by atoms with Gasteiger partial charge in [0, 0.05) is 28.6 Å². The molecule has 2 aromatic carbocycles. The number of thiophene rings is 1. The zero-order valence-electron chi connectivity index (χ0n) is 17.9. The predicted octanol–water partition coefficient (Wildman–Crippen LogP) is 3.62. The van der Waals surface area contributed by atoms with Crippen LogP contribution in [0.2, 0.25) is 0 Å². The number of nitrogens with one attached hydrogen (secondary N) is 2. The molecule has 1 fully saturated rings. The molecular formula is C25H25N3O3S. The Morgan fingerprint density at radius 2 is 2.03 bits per heavy atom. The van der Waals surface area contributed by atoms with Crippen molar-refractivity contribution in [2.24, 2.45) is 5.92 Å². The summed E-state index contributed by atoms with van der Waals surface area (Å²) < 4.78 is 8.63. The van der Waals surface area contributed by atoms with Gasteiger partial charge in [-0.15, -0.1) is 11.3 Å². The number of fused-ring (bicyclic) bond motifs is 6. The molecule has 0 spiro atoms. The van der Waals surface area contributed by atoms with Gasteiger partial charge in [-0.2, -0.15) is 0 Å². The summed E-state index contributed by atoms with van der Waals surface area (Å²) in [5.41, 5.74) is 2.81. The summed E-state index contributed by atoms with van der Waals surface area (Å²) in [4.78, 5) is 29.0. The number of hydrogen-bond donors (Lipinski definition) is 2. The molecule has 6 rings (SSSR count). The average Bonchev–Trinajstić information content (AvgIpc) is 3.40. The number of hydrogen-bond acceptors (Lipinski definition) is 5. The number of aromatic nitrogens is 2. The van der Waals surface area contributed by atoms with E-state index in [1.165, 1.54) is 27.0 Å². The smallest absolute Gasteiger partial charge is 0.328 e. The number of benzene rings is 2. The molecule has 4 aromatic rings. The van der Waals surface area contributed by atoms with Gasteiger partial charge in [-0.25, -0.2) is 4.79 Å². The quantitative estimate of drug-likeness (QED) is 0.501. The summed E-state index contributed by atoms with van der Waals surface area (Å²) in [5.74, 6) is 1.94. The van der Waals surface area contributed by atoms with Crippen molar-refractivity contribution in [3.05, 3.63) is 74.4 Å². The fourth-order valence-corrected chi connectivity index (χ4v) is 6.89. The van der Waals surface area contributed by atoms with E-state index < -0.39 is 0 Å². The minimum atomic E-state index is -0.327. The Kier molecular flexibility index (Phi) is 4.69. The second kappa shape index (κ2) is 7.60. The van der Waals surface area contributed by atoms with Crippen LogP contribution in [-0.4, -0.2) is 29.2 Å². The van der Waals surface area contributed by atoms with E-state index in [0.29, 0.717) is 28.6 Å². The minimum absolute atomic E-state index is 0.190. The molecule has 1 aliphatic heterocycles. The van der Waals surface area contributed by atoms with Crippen LogP contribution in [0.15, 0.2) is 52.1 Å². The van der Waals surface area contributed by atoms with Gasteiger partial charge in [-0.05, 0) is 55.0 Å². The monoisotopic (exact) mass is 447 g/mol. The van der Waals surface area contributed by atoms with E-state index in [-0.39, 0.29) is 17.3 Å². The van der Waals surface area contributed by atoms with E-state index in [1.807, 2.05) is 30.3 Å². The van der Waals surface area contributed by atoms with Crippen LogP contribution in [0, 0.1) is 5.92 Å². The maximum atomic E-state index is 13.2. The van der Waals surface area contributed by atoms with Crippen molar-refractivity contribution >= 4 is 31.6 Å². The summed E-state index contributed by atoms with van der Waals surface area (Å²) in [7, 11) is 1.73. The molecule has 0 radical (unpaired) electrons. The molecular weight excluding hydrogens is 422 g/mol. The van der Waals surface area contributed by atoms with Gasteiger partial charge in [-0.1, -0.05) is 30.3 Å². The molecule has 3 atom stereocenters. The second-order valence-corrected chi connectivity index (χ2v) is 9.90. The van der Waals surface area contributed by atoms with Crippen molar-refractivity contribution in [2.75, 3.05) is 13.7 Å². The van der Waals surface area contributed by atoms with Crippen molar-refractivity contribution in [1.29, 1.82) is 0 Å². The molecule has 3 heterocycles. The first-order valence-electron chi connectivity index (χ1n) is 11.2. The number of H-pyrrole nitrogens is 1. The summed E-state index contributed by atoms with van der Waals surface area (Å²) >= 11 is 1.45. The summed E-state index contributed by atoms with van der Waals surface area (Å²) in [6, 6.07) is 14.4. The van der Waals surface area contributed by atoms with Crippen molar-refractivity contribution in [2.45, 2.75) is 37.8 Å². The highest BCUT2D eigenvalue weighted by molar-refractivity contribution is 7.25. The Balaban J connectivity index is 1.33. The highest BCUT2D eigenvalue weighted by Crippen LogP contribution is 2.45. The fourth-order valence-electron chi connectivity index (χ4n) is 5.78. The largest absolute Gasteiger partial charge is 0.496 e. The van der Waals surface area contributed by atoms with Crippen LogP contribution in [0.5, 0.6) is 5.75 Å². The predicted molar refractivity (Wildman–Crippen MR) is 128 cm³/mol. The molecule has 2 aliphatic rings. The SMILES string of the molecule is COc1cccc2c1CCC1CNC(CCn3c(=O)[nH]c4c(sc5ccccc54)c3=O)C21. The maximum Gasteiger partial charge on any atom is 0.328 e. The standard InChI is InChI=1S/C25H25N3O3S/c1-31-19-7-4-6-16-15(19)10-9-14-13-26-18(21(14)16)11-12-28-24(29)23-22(27-25(28)30)17-5-2-3-8-20(17)32-23/h2-8,14,18,21,26H,9-13H2,1H3,(H,27,30). The fraction of sp³-hybridized carbons (Fsp3) is 0.360. The van der Waals surface area contributed by atoms with E-state index in [9.17, 15) is 9.59 Å². The van der Waals surface area contributed by atoms with E-state index >= 15 is 0 Å². The van der Waals surface area contributed by atoms with Crippen LogP contribution in [-0.2, 0) is 13.0 Å². The van der Waals surface area contributed by atoms with E-state index in [0.717, 1.165) is 41.6 Å². The number of aromatic amines is 1. The third-order valence-corrected chi connectivity index (χ3v) is 8.43. The second-order valence-electron chi connectivity index (χ2n) is 8.85. The molecule has 32 heavy (non-hydrogen) atoms. The Hall–Kier alpha value is -2.90. The zero-order chi connectivity index (χ0) is 21.8. The van der Waals surface area contributed by atoms with Crippen molar-refractivity contribution < 1.29 is 4.74 Å². The molecule has 3 unspecified atom stereocenters. The van der Waals surface area contributed by atoms with Crippen LogP contribution in [0.4, 0.5) is 0 Å². The van der Waals surface area contributed by atoms with Gasteiger partial charge in [0.05, 0.1) is 12.6 Å². The molecule has 1 saturated heterocycles. The highest BCUT2D eigenvalue weighted by Gasteiger charge is 2.40. The van der Waals surface area contributed by atoms with Gasteiger partial charge >= 0.3 is 5.69 Å². The lowest BCUT2D eigenvalue weighted by Gasteiger charge is -2.32. The van der Waals surface area contributed by atoms with Gasteiger partial charge in [0.1, 0.15) is 10.4 Å². The number of nitrogens with zero attached hydrogens (tertiary/aromatic N) is 1. The topological polar surface area (TPSA) is 76.1 Å². The number of rotatable bonds is 4. The molecule has 6 nitrogen and oxygen atoms in total. The van der Waals surface area contributed by atoms with Gasteiger partial charge in [0.2, 0.25) is 0 Å². The van der Waals surface area contributed by atoms with Crippen LogP contribution in [0.25, 0.3) is 20.3 Å². The normalized spacial score (nSPS) is 22.2. The lowest BCUT2D eigenvalue weighted by Crippen LogP contribution is -2.37. The molecule has 164 valence electrons. The Labute approximate surface area is 188 Å². The Morgan fingerprint density at radius 1 is 1.16 bits per heavy atom. The van der Waals surface area contributed by atoms with Gasteiger partial charge in [0.15, 0.2) is 0 Å². The number of methoxy groups -OCH3 is 1. The van der Waals surface area contributed by atoms with Crippen molar-refractivity contribution in [1.82, 2.24) is 14.9 Å². The first kappa shape index (κ1) is 19.8. The zero-order valence-corrected chi connectivity index (χ0v) is 18.7. The van der Waals surface area contributed by atoms with Crippen molar-refractivity contribution in [3.8, 4) is 5.75 Å². The van der Waals surface area contributed by atoms with Crippen LogP contribution in [0.3, 0.4) is 0 Å². The summed E-state index contributed by atoms with van der Waals surface area (Å²) in [5, 5.41) is 4.61. The van der Waals surface area contributed by atoms with Gasteiger partial charge in [-0.3, -0.25) is 9.36 Å². The molecule has 0 saturated carbocycles. The lowest BCUT2D eigenvalue weighted by molar-refractivity contribution is 0.371. The first-order chi connectivity index (χ1) is 15.7. The summed E-state index contributed by atoms with van der Waals surface area (Å²) in [6.07, 6.45) is 2.91. The van der Waals surface area contributed by atoms with Crippen LogP contribution < -0.4 is 21.3 Å². The van der Waals surface area contributed by atoms with Crippen LogP contribution >= 0.6 is 11.3 Å². The lowest BCUT2D eigenvalue weighted by atomic mass is 9.73. The minimum Gasteiger partial charge on any atom is -0.496 e. The third kappa shape index (κ3) is 2.95. The van der Waals surface area contributed by atoms with Crippen molar-refractivity contribution in [3.63, 3.8) is 0 Å². The summed E-state index contributed by atoms with van der Waals surface area (Å²) in [6.45, 7) is 1.38. The Bertz CT molecular complexity index is 1450.